The average molecular weight is 356 g/mol. The number of ether oxygens (including phenoxy) is 1. The number of Topliss-reactive ketones (excluding diaryl/α,β-unsaturated/α-hetero) is 1. The molecule has 0 bridgehead atoms. The van der Waals surface area contributed by atoms with Gasteiger partial charge in [-0.05, 0) is 37.3 Å². The third-order valence-electron chi connectivity index (χ3n) is 3.46. The average Bonchev–Trinajstić information content (AvgIpc) is 2.61. The molecule has 8 nitrogen and oxygen atoms in total. The normalized spacial score (nSPS) is 11.3. The number of para-hydroxylation sites is 1. The third kappa shape index (κ3) is 4.50. The summed E-state index contributed by atoms with van der Waals surface area (Å²) in [5, 5.41) is 13.5. The van der Waals surface area contributed by atoms with Gasteiger partial charge in [0.25, 0.3) is 5.69 Å². The van der Waals surface area contributed by atoms with E-state index in [9.17, 15) is 24.5 Å². The summed E-state index contributed by atoms with van der Waals surface area (Å²) < 4.78 is 5.08. The SMILES string of the molecule is CC(=O)Nc1ccc(C(=O)C(C)OC(=O)c2ccccc2[N+](=O)[O-])cc1. The molecule has 134 valence electrons. The van der Waals surface area contributed by atoms with Crippen molar-refractivity contribution in [1.82, 2.24) is 0 Å². The van der Waals surface area contributed by atoms with Gasteiger partial charge in [0, 0.05) is 24.2 Å². The number of rotatable bonds is 6. The summed E-state index contributed by atoms with van der Waals surface area (Å²) in [5.74, 6) is -1.66. The highest BCUT2D eigenvalue weighted by atomic mass is 16.6. The number of nitrogens with zero attached hydrogens (tertiary/aromatic N) is 1. The van der Waals surface area contributed by atoms with Gasteiger partial charge in [-0.2, -0.15) is 0 Å². The second-order valence-electron chi connectivity index (χ2n) is 5.44. The molecule has 0 aliphatic heterocycles. The Morgan fingerprint density at radius 2 is 1.69 bits per heavy atom. The van der Waals surface area contributed by atoms with Crippen LogP contribution >= 0.6 is 0 Å². The summed E-state index contributed by atoms with van der Waals surface area (Å²) >= 11 is 0. The Labute approximate surface area is 148 Å². The van der Waals surface area contributed by atoms with Crippen LogP contribution in [-0.4, -0.2) is 28.7 Å². The van der Waals surface area contributed by atoms with E-state index in [4.69, 9.17) is 4.74 Å². The molecule has 0 fully saturated rings. The Bertz CT molecular complexity index is 860. The molecule has 2 rings (SSSR count). The summed E-state index contributed by atoms with van der Waals surface area (Å²) in [4.78, 5) is 45.8. The van der Waals surface area contributed by atoms with Crippen LogP contribution in [0.25, 0.3) is 0 Å². The first-order valence-corrected chi connectivity index (χ1v) is 7.66. The largest absolute Gasteiger partial charge is 0.450 e. The van der Waals surface area contributed by atoms with E-state index in [0.717, 1.165) is 0 Å². The Morgan fingerprint density at radius 3 is 2.27 bits per heavy atom. The van der Waals surface area contributed by atoms with E-state index in [2.05, 4.69) is 5.32 Å². The molecule has 1 unspecified atom stereocenters. The minimum Gasteiger partial charge on any atom is -0.450 e. The van der Waals surface area contributed by atoms with Crippen LogP contribution in [0.2, 0.25) is 0 Å². The number of hydrogen-bond acceptors (Lipinski definition) is 6. The van der Waals surface area contributed by atoms with Gasteiger partial charge in [-0.15, -0.1) is 0 Å². The summed E-state index contributed by atoms with van der Waals surface area (Å²) in [5.41, 5.74) is 0.190. The molecule has 0 aliphatic carbocycles. The van der Waals surface area contributed by atoms with Gasteiger partial charge >= 0.3 is 5.97 Å². The maximum atomic E-state index is 12.4. The van der Waals surface area contributed by atoms with Crippen LogP contribution in [0.4, 0.5) is 11.4 Å². The molecule has 2 aromatic carbocycles. The minimum atomic E-state index is -1.13. The summed E-state index contributed by atoms with van der Waals surface area (Å²) in [6.07, 6.45) is -1.13. The van der Waals surface area contributed by atoms with Crippen LogP contribution in [-0.2, 0) is 9.53 Å². The number of hydrogen-bond donors (Lipinski definition) is 1. The molecule has 0 spiro atoms. The van der Waals surface area contributed by atoms with Gasteiger partial charge in [-0.25, -0.2) is 4.79 Å². The molecule has 1 atom stereocenters. The highest BCUT2D eigenvalue weighted by Gasteiger charge is 2.25. The lowest BCUT2D eigenvalue weighted by Crippen LogP contribution is -2.24. The van der Waals surface area contributed by atoms with Crippen LogP contribution in [0.5, 0.6) is 0 Å². The van der Waals surface area contributed by atoms with Gasteiger partial charge in [0.05, 0.1) is 4.92 Å². The van der Waals surface area contributed by atoms with E-state index in [1.807, 2.05) is 0 Å². The highest BCUT2D eigenvalue weighted by molar-refractivity contribution is 6.02. The second kappa shape index (κ2) is 8.02. The fraction of sp³-hybridized carbons (Fsp3) is 0.167. The smallest absolute Gasteiger partial charge is 0.345 e. The minimum absolute atomic E-state index is 0.224. The number of nitro benzene ring substituents is 1. The number of carbonyl (C=O) groups is 3. The maximum Gasteiger partial charge on any atom is 0.345 e. The van der Waals surface area contributed by atoms with Gasteiger partial charge in [0.15, 0.2) is 6.10 Å². The van der Waals surface area contributed by atoms with Crippen molar-refractivity contribution in [1.29, 1.82) is 0 Å². The monoisotopic (exact) mass is 356 g/mol. The van der Waals surface area contributed by atoms with Crippen molar-refractivity contribution >= 4 is 29.0 Å². The lowest BCUT2D eigenvalue weighted by molar-refractivity contribution is -0.385. The first kappa shape index (κ1) is 18.8. The second-order valence-corrected chi connectivity index (χ2v) is 5.44. The number of nitro groups is 1. The Kier molecular flexibility index (Phi) is 5.79. The molecule has 1 N–H and O–H groups in total. The van der Waals surface area contributed by atoms with Gasteiger partial charge in [0.1, 0.15) is 5.56 Å². The molecule has 8 heteroatoms. The van der Waals surface area contributed by atoms with Crippen molar-refractivity contribution in [3.05, 3.63) is 69.8 Å². The highest BCUT2D eigenvalue weighted by Crippen LogP contribution is 2.20. The van der Waals surface area contributed by atoms with Gasteiger partial charge in [-0.3, -0.25) is 19.7 Å². The van der Waals surface area contributed by atoms with Crippen molar-refractivity contribution in [2.24, 2.45) is 0 Å². The topological polar surface area (TPSA) is 116 Å². The van der Waals surface area contributed by atoms with Crippen LogP contribution in [0.3, 0.4) is 0 Å². The molecule has 0 saturated carbocycles. The van der Waals surface area contributed by atoms with Gasteiger partial charge < -0.3 is 10.1 Å². The van der Waals surface area contributed by atoms with Crippen molar-refractivity contribution in [2.45, 2.75) is 20.0 Å². The van der Waals surface area contributed by atoms with Crippen molar-refractivity contribution in [3.63, 3.8) is 0 Å². The fourth-order valence-corrected chi connectivity index (χ4v) is 2.24. The number of ketones is 1. The number of nitrogens with one attached hydrogen (secondary N) is 1. The van der Waals surface area contributed by atoms with Crippen molar-refractivity contribution in [3.8, 4) is 0 Å². The zero-order valence-corrected chi connectivity index (χ0v) is 14.1. The van der Waals surface area contributed by atoms with Crippen LogP contribution < -0.4 is 5.32 Å². The van der Waals surface area contributed by atoms with Gasteiger partial charge in [0.2, 0.25) is 11.7 Å². The molecule has 2 aromatic rings. The Hall–Kier alpha value is -3.55. The molecule has 0 heterocycles. The van der Waals surface area contributed by atoms with E-state index >= 15 is 0 Å². The number of carbonyl (C=O) groups excluding carboxylic acids is 3. The van der Waals surface area contributed by atoms with E-state index in [1.165, 1.54) is 50.2 Å². The molecular formula is C18H16N2O6. The zero-order valence-electron chi connectivity index (χ0n) is 14.1. The fourth-order valence-electron chi connectivity index (χ4n) is 2.24. The zero-order chi connectivity index (χ0) is 19.3. The summed E-state index contributed by atoms with van der Waals surface area (Å²) in [7, 11) is 0. The van der Waals surface area contributed by atoms with Crippen LogP contribution in [0, 0.1) is 10.1 Å². The molecule has 0 radical (unpaired) electrons. The predicted molar refractivity (Wildman–Crippen MR) is 93.1 cm³/mol. The number of esters is 1. The van der Waals surface area contributed by atoms with Gasteiger partial charge in [-0.1, -0.05) is 12.1 Å². The molecule has 0 saturated heterocycles. The van der Waals surface area contributed by atoms with E-state index in [-0.39, 0.29) is 17.0 Å². The van der Waals surface area contributed by atoms with E-state index in [0.29, 0.717) is 5.69 Å². The van der Waals surface area contributed by atoms with E-state index < -0.39 is 28.5 Å². The summed E-state index contributed by atoms with van der Waals surface area (Å²) in [6.45, 7) is 2.75. The Balaban J connectivity index is 2.10. The molecule has 0 aliphatic rings. The number of anilines is 1. The summed E-state index contributed by atoms with van der Waals surface area (Å²) in [6, 6.07) is 11.4. The lowest BCUT2D eigenvalue weighted by Gasteiger charge is -2.13. The predicted octanol–water partition coefficient (Wildman–Crippen LogP) is 2.98. The first-order chi connectivity index (χ1) is 12.3. The van der Waals surface area contributed by atoms with Crippen LogP contribution in [0.15, 0.2) is 48.5 Å². The molecule has 1 amide bonds. The molecule has 26 heavy (non-hydrogen) atoms. The maximum absolute atomic E-state index is 12.4. The lowest BCUT2D eigenvalue weighted by atomic mass is 10.1. The van der Waals surface area contributed by atoms with Crippen molar-refractivity contribution < 1.29 is 24.0 Å². The third-order valence-corrected chi connectivity index (χ3v) is 3.46. The number of amides is 1. The number of benzene rings is 2. The molecule has 0 aromatic heterocycles. The van der Waals surface area contributed by atoms with Crippen LogP contribution in [0.1, 0.15) is 34.6 Å². The molecular weight excluding hydrogens is 340 g/mol. The quantitative estimate of drug-likeness (QED) is 0.368. The Morgan fingerprint density at radius 1 is 1.08 bits per heavy atom. The van der Waals surface area contributed by atoms with E-state index in [1.54, 1.807) is 12.1 Å². The standard InChI is InChI=1S/C18H16N2O6/c1-11(17(22)13-7-9-14(10-8-13)19-12(2)21)26-18(23)15-5-3-4-6-16(15)20(24)25/h3-11H,1-2H3,(H,19,21). The van der Waals surface area contributed by atoms with Crippen molar-refractivity contribution in [2.75, 3.05) is 5.32 Å². The first-order valence-electron chi connectivity index (χ1n) is 7.66.